The number of nitrogens with zero attached hydrogens (tertiary/aromatic N) is 1. The Labute approximate surface area is 108 Å². The number of aliphatic imine (C=N–C) groups is 1. The maximum Gasteiger partial charge on any atom is 0.235 e. The molecule has 1 unspecified atom stereocenters. The molecule has 0 aromatic heterocycles. The van der Waals surface area contributed by atoms with Gasteiger partial charge in [-0.15, -0.1) is 0 Å². The van der Waals surface area contributed by atoms with Gasteiger partial charge in [-0.25, -0.2) is 4.79 Å². The lowest BCUT2D eigenvalue weighted by Gasteiger charge is -2.23. The topological polar surface area (TPSA) is 49.7 Å². The predicted octanol–water partition coefficient (Wildman–Crippen LogP) is 2.72. The Morgan fingerprint density at radius 1 is 1.33 bits per heavy atom. The number of rotatable bonds is 4. The molecule has 1 fully saturated rings. The molecule has 3 heteroatoms. The van der Waals surface area contributed by atoms with Crippen molar-refractivity contribution in [3.8, 4) is 0 Å². The highest BCUT2D eigenvalue weighted by molar-refractivity contribution is 5.39. The zero-order valence-electron chi connectivity index (χ0n) is 10.7. The van der Waals surface area contributed by atoms with E-state index in [2.05, 4.69) is 4.99 Å². The number of hydrogen-bond acceptors (Lipinski definition) is 3. The Hall–Kier alpha value is -1.44. The van der Waals surface area contributed by atoms with Gasteiger partial charge in [0.2, 0.25) is 6.08 Å². The maximum atomic E-state index is 10.6. The standard InChI is InChI=1S/C15H19NO2/c1-12(18)10-13-4-6-14(7-5-13)15(16-11-17)8-2-3-9-15/h4-7,12,18H,2-3,8-10H2,1H3. The second kappa shape index (κ2) is 5.47. The number of aliphatic hydroxyl groups is 1. The summed E-state index contributed by atoms with van der Waals surface area (Å²) in [5.41, 5.74) is 1.86. The van der Waals surface area contributed by atoms with E-state index in [-0.39, 0.29) is 11.6 Å². The van der Waals surface area contributed by atoms with Crippen LogP contribution in [0.2, 0.25) is 0 Å². The zero-order valence-corrected chi connectivity index (χ0v) is 10.7. The van der Waals surface area contributed by atoms with Crippen molar-refractivity contribution >= 4 is 6.08 Å². The SMILES string of the molecule is CC(O)Cc1ccc(C2(N=C=O)CCCC2)cc1. The normalized spacial score (nSPS) is 19.2. The first-order valence-electron chi connectivity index (χ1n) is 6.53. The van der Waals surface area contributed by atoms with E-state index in [4.69, 9.17) is 0 Å². The second-order valence-electron chi connectivity index (χ2n) is 5.19. The van der Waals surface area contributed by atoms with Gasteiger partial charge < -0.3 is 5.11 Å². The summed E-state index contributed by atoms with van der Waals surface area (Å²) in [7, 11) is 0. The van der Waals surface area contributed by atoms with Crippen LogP contribution in [0, 0.1) is 0 Å². The minimum atomic E-state index is -0.342. The molecule has 0 amide bonds. The average molecular weight is 245 g/mol. The van der Waals surface area contributed by atoms with Crippen LogP contribution in [0.3, 0.4) is 0 Å². The molecule has 0 radical (unpaired) electrons. The third kappa shape index (κ3) is 2.69. The summed E-state index contributed by atoms with van der Waals surface area (Å²) in [5.74, 6) is 0. The summed E-state index contributed by atoms with van der Waals surface area (Å²) in [6.07, 6.45) is 6.14. The summed E-state index contributed by atoms with van der Waals surface area (Å²) < 4.78 is 0. The first-order valence-corrected chi connectivity index (χ1v) is 6.53. The molecular formula is C15H19NO2. The number of benzene rings is 1. The summed E-state index contributed by atoms with van der Waals surface area (Å²) in [4.78, 5) is 14.7. The predicted molar refractivity (Wildman–Crippen MR) is 70.1 cm³/mol. The third-order valence-corrected chi connectivity index (χ3v) is 3.71. The van der Waals surface area contributed by atoms with Gasteiger partial charge in [-0.3, -0.25) is 0 Å². The van der Waals surface area contributed by atoms with Crippen LogP contribution in [-0.4, -0.2) is 17.3 Å². The molecule has 1 aliphatic rings. The van der Waals surface area contributed by atoms with Gasteiger partial charge >= 0.3 is 0 Å². The van der Waals surface area contributed by atoms with Gasteiger partial charge in [-0.05, 0) is 37.3 Å². The van der Waals surface area contributed by atoms with Gasteiger partial charge in [0.1, 0.15) is 0 Å². The van der Waals surface area contributed by atoms with Gasteiger partial charge in [0, 0.05) is 0 Å². The fourth-order valence-corrected chi connectivity index (χ4v) is 2.80. The van der Waals surface area contributed by atoms with Crippen molar-refractivity contribution in [3.05, 3.63) is 35.4 Å². The van der Waals surface area contributed by atoms with Gasteiger partial charge in [-0.2, -0.15) is 4.99 Å². The Morgan fingerprint density at radius 3 is 2.44 bits per heavy atom. The van der Waals surface area contributed by atoms with Crippen LogP contribution in [0.4, 0.5) is 0 Å². The van der Waals surface area contributed by atoms with E-state index in [9.17, 15) is 9.90 Å². The molecule has 1 N–H and O–H groups in total. The van der Waals surface area contributed by atoms with Crippen LogP contribution in [-0.2, 0) is 16.8 Å². The lowest BCUT2D eigenvalue weighted by molar-refractivity contribution is 0.195. The molecule has 1 atom stereocenters. The van der Waals surface area contributed by atoms with Crippen LogP contribution < -0.4 is 0 Å². The second-order valence-corrected chi connectivity index (χ2v) is 5.19. The highest BCUT2D eigenvalue weighted by Crippen LogP contribution is 2.42. The smallest absolute Gasteiger partial charge is 0.235 e. The molecule has 0 spiro atoms. The summed E-state index contributed by atoms with van der Waals surface area (Å²) in [6, 6.07) is 8.10. The van der Waals surface area contributed by atoms with Crippen molar-refractivity contribution in [3.63, 3.8) is 0 Å². The minimum Gasteiger partial charge on any atom is -0.393 e. The van der Waals surface area contributed by atoms with Crippen molar-refractivity contribution in [2.45, 2.75) is 50.7 Å². The fourth-order valence-electron chi connectivity index (χ4n) is 2.80. The molecule has 0 aliphatic heterocycles. The van der Waals surface area contributed by atoms with Crippen LogP contribution in [0.15, 0.2) is 29.3 Å². The Morgan fingerprint density at radius 2 is 1.94 bits per heavy atom. The number of isocyanates is 1. The first kappa shape index (κ1) is 13.0. The molecule has 1 aromatic carbocycles. The van der Waals surface area contributed by atoms with E-state index in [1.165, 1.54) is 0 Å². The van der Waals surface area contributed by atoms with Crippen LogP contribution in [0.1, 0.15) is 43.7 Å². The zero-order chi connectivity index (χ0) is 13.0. The molecule has 18 heavy (non-hydrogen) atoms. The summed E-state index contributed by atoms with van der Waals surface area (Å²) >= 11 is 0. The molecule has 1 aromatic rings. The van der Waals surface area contributed by atoms with Crippen molar-refractivity contribution in [1.29, 1.82) is 0 Å². The van der Waals surface area contributed by atoms with E-state index in [1.807, 2.05) is 24.3 Å². The van der Waals surface area contributed by atoms with E-state index in [0.717, 1.165) is 36.8 Å². The maximum absolute atomic E-state index is 10.6. The van der Waals surface area contributed by atoms with Crippen molar-refractivity contribution < 1.29 is 9.90 Å². The van der Waals surface area contributed by atoms with Gasteiger partial charge in [0.05, 0.1) is 11.6 Å². The van der Waals surface area contributed by atoms with Crippen molar-refractivity contribution in [1.82, 2.24) is 0 Å². The van der Waals surface area contributed by atoms with Crippen molar-refractivity contribution in [2.24, 2.45) is 4.99 Å². The van der Waals surface area contributed by atoms with Crippen molar-refractivity contribution in [2.75, 3.05) is 0 Å². The Bertz CT molecular complexity index is 438. The number of carbonyl (C=O) groups excluding carboxylic acids is 1. The largest absolute Gasteiger partial charge is 0.393 e. The van der Waals surface area contributed by atoms with E-state index < -0.39 is 0 Å². The van der Waals surface area contributed by atoms with Crippen LogP contribution in [0.5, 0.6) is 0 Å². The summed E-state index contributed by atoms with van der Waals surface area (Å²) in [6.45, 7) is 1.78. The molecule has 1 aliphatic carbocycles. The highest BCUT2D eigenvalue weighted by Gasteiger charge is 2.35. The van der Waals surface area contributed by atoms with Crippen LogP contribution >= 0.6 is 0 Å². The molecular weight excluding hydrogens is 226 g/mol. The number of hydrogen-bond donors (Lipinski definition) is 1. The van der Waals surface area contributed by atoms with Gasteiger partial charge in [0.15, 0.2) is 0 Å². The molecule has 2 rings (SSSR count). The van der Waals surface area contributed by atoms with E-state index in [1.54, 1.807) is 13.0 Å². The first-order chi connectivity index (χ1) is 8.66. The minimum absolute atomic E-state index is 0.329. The molecule has 0 saturated heterocycles. The molecule has 0 heterocycles. The summed E-state index contributed by atoms with van der Waals surface area (Å²) in [5, 5.41) is 9.35. The van der Waals surface area contributed by atoms with Gasteiger partial charge in [0.25, 0.3) is 0 Å². The molecule has 1 saturated carbocycles. The molecule has 0 bridgehead atoms. The lowest BCUT2D eigenvalue weighted by atomic mass is 9.88. The van der Waals surface area contributed by atoms with E-state index >= 15 is 0 Å². The highest BCUT2D eigenvalue weighted by atomic mass is 16.3. The average Bonchev–Trinajstić information content (AvgIpc) is 2.79. The Balaban J connectivity index is 2.24. The van der Waals surface area contributed by atoms with E-state index in [0.29, 0.717) is 6.42 Å². The molecule has 96 valence electrons. The van der Waals surface area contributed by atoms with Crippen LogP contribution in [0.25, 0.3) is 0 Å². The van der Waals surface area contributed by atoms with Gasteiger partial charge in [-0.1, -0.05) is 37.1 Å². The number of aliphatic hydroxyl groups excluding tert-OH is 1. The third-order valence-electron chi connectivity index (χ3n) is 3.71. The monoisotopic (exact) mass is 245 g/mol. The lowest BCUT2D eigenvalue weighted by Crippen LogP contribution is -2.18. The fraction of sp³-hybridized carbons (Fsp3) is 0.533. The quantitative estimate of drug-likeness (QED) is 0.655. The molecule has 3 nitrogen and oxygen atoms in total. The Kier molecular flexibility index (Phi) is 3.95.